The molecule has 0 aliphatic rings. The van der Waals surface area contributed by atoms with E-state index in [9.17, 15) is 4.79 Å². The Kier molecular flexibility index (Phi) is 5.80. The van der Waals surface area contributed by atoms with Crippen molar-refractivity contribution in [2.24, 2.45) is 5.10 Å². The number of aromatic nitrogens is 2. The van der Waals surface area contributed by atoms with Gasteiger partial charge >= 0.3 is 0 Å². The number of ether oxygens (including phenoxy) is 1. The minimum atomic E-state index is -0.357. The van der Waals surface area contributed by atoms with Gasteiger partial charge in [0.2, 0.25) is 0 Å². The Morgan fingerprint density at radius 1 is 1.19 bits per heavy atom. The molecule has 7 heteroatoms. The van der Waals surface area contributed by atoms with Crippen molar-refractivity contribution in [2.45, 2.75) is 6.54 Å². The van der Waals surface area contributed by atoms with Crippen LogP contribution in [0, 0.1) is 0 Å². The van der Waals surface area contributed by atoms with Crippen LogP contribution in [-0.4, -0.2) is 29.0 Å². The quantitative estimate of drug-likeness (QED) is 0.497. The van der Waals surface area contributed by atoms with Crippen LogP contribution < -0.4 is 10.2 Å². The molecule has 1 amide bonds. The van der Waals surface area contributed by atoms with Crippen molar-refractivity contribution < 1.29 is 9.53 Å². The molecule has 0 saturated carbocycles. The van der Waals surface area contributed by atoms with Gasteiger partial charge < -0.3 is 4.74 Å². The summed E-state index contributed by atoms with van der Waals surface area (Å²) < 4.78 is 7.83. The summed E-state index contributed by atoms with van der Waals surface area (Å²) in [6, 6.07) is 17.0. The van der Waals surface area contributed by atoms with Gasteiger partial charge in [0, 0.05) is 10.7 Å². The first-order valence-corrected chi connectivity index (χ1v) is 8.69. The van der Waals surface area contributed by atoms with Crippen LogP contribution in [0.4, 0.5) is 0 Å². The van der Waals surface area contributed by atoms with Gasteiger partial charge in [0.25, 0.3) is 5.91 Å². The number of hydrogen-bond donors (Lipinski definition) is 1. The fraction of sp³-hybridized carbons (Fsp3) is 0.105. The Labute approximate surface area is 159 Å². The summed E-state index contributed by atoms with van der Waals surface area (Å²) in [6.07, 6.45) is 3.33. The Bertz CT molecular complexity index is 902. The van der Waals surface area contributed by atoms with E-state index >= 15 is 0 Å². The van der Waals surface area contributed by atoms with E-state index in [4.69, 9.17) is 4.74 Å². The zero-order valence-corrected chi connectivity index (χ0v) is 15.7. The third-order valence-electron chi connectivity index (χ3n) is 3.63. The molecule has 0 bridgehead atoms. The van der Waals surface area contributed by atoms with Crippen LogP contribution in [0.15, 0.2) is 70.4 Å². The topological polar surface area (TPSA) is 68.5 Å². The predicted octanol–water partition coefficient (Wildman–Crippen LogP) is 3.47. The summed E-state index contributed by atoms with van der Waals surface area (Å²) in [5, 5.41) is 8.24. The van der Waals surface area contributed by atoms with Gasteiger partial charge in [-0.1, -0.05) is 28.1 Å². The van der Waals surface area contributed by atoms with E-state index in [2.05, 4.69) is 31.6 Å². The van der Waals surface area contributed by atoms with Gasteiger partial charge in [0.15, 0.2) is 5.69 Å². The summed E-state index contributed by atoms with van der Waals surface area (Å²) >= 11 is 3.41. The normalized spacial score (nSPS) is 10.8. The maximum Gasteiger partial charge on any atom is 0.291 e. The summed E-state index contributed by atoms with van der Waals surface area (Å²) in [5.74, 6) is 0.409. The molecule has 0 atom stereocenters. The molecular formula is C19H17BrN4O2. The van der Waals surface area contributed by atoms with E-state index in [1.807, 2.05) is 48.5 Å². The molecule has 6 nitrogen and oxygen atoms in total. The minimum absolute atomic E-state index is 0.314. The van der Waals surface area contributed by atoms with Crippen molar-refractivity contribution in [1.29, 1.82) is 0 Å². The van der Waals surface area contributed by atoms with Gasteiger partial charge in [-0.3, -0.25) is 9.48 Å². The second-order valence-electron chi connectivity index (χ2n) is 5.50. The third-order valence-corrected chi connectivity index (χ3v) is 4.16. The van der Waals surface area contributed by atoms with Crippen LogP contribution in [0.3, 0.4) is 0 Å². The number of carbonyl (C=O) groups excluding carboxylic acids is 1. The lowest BCUT2D eigenvalue weighted by molar-refractivity contribution is 0.0949. The molecule has 0 aliphatic carbocycles. The van der Waals surface area contributed by atoms with Crippen LogP contribution in [0.2, 0.25) is 0 Å². The molecule has 2 aromatic carbocycles. The summed E-state index contributed by atoms with van der Waals surface area (Å²) in [5.41, 5.74) is 4.74. The predicted molar refractivity (Wildman–Crippen MR) is 104 cm³/mol. The lowest BCUT2D eigenvalue weighted by Crippen LogP contribution is -2.18. The first-order valence-electron chi connectivity index (χ1n) is 7.89. The lowest BCUT2D eigenvalue weighted by atomic mass is 10.2. The molecule has 0 aliphatic heterocycles. The summed E-state index contributed by atoms with van der Waals surface area (Å²) in [7, 11) is 1.61. The monoisotopic (exact) mass is 412 g/mol. The van der Waals surface area contributed by atoms with E-state index in [1.165, 1.54) is 0 Å². The van der Waals surface area contributed by atoms with E-state index in [0.29, 0.717) is 12.2 Å². The number of amides is 1. The molecule has 132 valence electrons. The molecule has 3 rings (SSSR count). The number of methoxy groups -OCH3 is 1. The summed E-state index contributed by atoms with van der Waals surface area (Å²) in [4.78, 5) is 12.1. The van der Waals surface area contributed by atoms with E-state index in [1.54, 1.807) is 30.3 Å². The molecule has 3 aromatic rings. The van der Waals surface area contributed by atoms with E-state index in [0.717, 1.165) is 21.3 Å². The highest BCUT2D eigenvalue weighted by atomic mass is 79.9. The number of nitrogens with zero attached hydrogens (tertiary/aromatic N) is 3. The zero-order valence-electron chi connectivity index (χ0n) is 14.1. The smallest absolute Gasteiger partial charge is 0.291 e. The maximum atomic E-state index is 12.1. The summed E-state index contributed by atoms with van der Waals surface area (Å²) in [6.45, 7) is 0.593. The number of rotatable bonds is 6. The fourth-order valence-corrected chi connectivity index (χ4v) is 2.52. The van der Waals surface area contributed by atoms with Crippen LogP contribution in [0.25, 0.3) is 0 Å². The zero-order chi connectivity index (χ0) is 18.4. The van der Waals surface area contributed by atoms with Gasteiger partial charge in [-0.15, -0.1) is 0 Å². The Hall–Kier alpha value is -2.93. The number of nitrogens with one attached hydrogen (secondary N) is 1. The molecule has 0 spiro atoms. The molecular weight excluding hydrogens is 396 g/mol. The Balaban J connectivity index is 1.57. The third kappa shape index (κ3) is 4.80. The van der Waals surface area contributed by atoms with Crippen molar-refractivity contribution in [3.63, 3.8) is 0 Å². The highest BCUT2D eigenvalue weighted by Gasteiger charge is 2.08. The molecule has 0 radical (unpaired) electrons. The minimum Gasteiger partial charge on any atom is -0.497 e. The van der Waals surface area contributed by atoms with Crippen molar-refractivity contribution in [1.82, 2.24) is 15.2 Å². The number of benzene rings is 2. The highest BCUT2D eigenvalue weighted by Crippen LogP contribution is 2.12. The molecule has 26 heavy (non-hydrogen) atoms. The average molecular weight is 413 g/mol. The maximum absolute atomic E-state index is 12.1. The van der Waals surface area contributed by atoms with Gasteiger partial charge in [-0.25, -0.2) is 5.43 Å². The molecule has 0 fully saturated rings. The largest absolute Gasteiger partial charge is 0.497 e. The molecule has 0 unspecified atom stereocenters. The average Bonchev–Trinajstić information content (AvgIpc) is 3.13. The Morgan fingerprint density at radius 2 is 1.92 bits per heavy atom. The highest BCUT2D eigenvalue weighted by molar-refractivity contribution is 9.10. The van der Waals surface area contributed by atoms with Crippen molar-refractivity contribution in [3.8, 4) is 5.75 Å². The molecule has 1 heterocycles. The van der Waals surface area contributed by atoms with Crippen LogP contribution in [0.5, 0.6) is 5.75 Å². The molecule has 1 N–H and O–H groups in total. The van der Waals surface area contributed by atoms with Gasteiger partial charge in [-0.05, 0) is 53.6 Å². The van der Waals surface area contributed by atoms with Gasteiger partial charge in [-0.2, -0.15) is 10.2 Å². The SMILES string of the molecule is COc1ccc(C=NNC(=O)c2ccn(Cc3ccc(Br)cc3)n2)cc1. The lowest BCUT2D eigenvalue weighted by Gasteiger charge is -2.02. The van der Waals surface area contributed by atoms with Crippen LogP contribution in [-0.2, 0) is 6.54 Å². The second kappa shape index (κ2) is 8.44. The standard InChI is InChI=1S/C19H17BrN4O2/c1-26-17-8-4-14(5-9-17)12-21-22-19(25)18-10-11-24(23-18)13-15-2-6-16(20)7-3-15/h2-12H,13H2,1H3,(H,22,25). The van der Waals surface area contributed by atoms with Crippen LogP contribution in [0.1, 0.15) is 21.6 Å². The van der Waals surface area contributed by atoms with Crippen LogP contribution >= 0.6 is 15.9 Å². The Morgan fingerprint density at radius 3 is 2.62 bits per heavy atom. The van der Waals surface area contributed by atoms with Gasteiger partial charge in [0.05, 0.1) is 19.9 Å². The first kappa shape index (κ1) is 17.9. The van der Waals surface area contributed by atoms with Crippen molar-refractivity contribution >= 4 is 28.1 Å². The molecule has 1 aromatic heterocycles. The van der Waals surface area contributed by atoms with E-state index < -0.39 is 0 Å². The fourth-order valence-electron chi connectivity index (χ4n) is 2.26. The van der Waals surface area contributed by atoms with E-state index in [-0.39, 0.29) is 5.91 Å². The number of carbonyl (C=O) groups is 1. The number of hydrogen-bond acceptors (Lipinski definition) is 4. The number of hydrazone groups is 1. The number of halogens is 1. The molecule has 0 saturated heterocycles. The van der Waals surface area contributed by atoms with Gasteiger partial charge in [0.1, 0.15) is 5.75 Å². The second-order valence-corrected chi connectivity index (χ2v) is 6.41. The first-order chi connectivity index (χ1) is 12.6. The van der Waals surface area contributed by atoms with Crippen molar-refractivity contribution in [3.05, 3.63) is 82.1 Å². The van der Waals surface area contributed by atoms with Crippen molar-refractivity contribution in [2.75, 3.05) is 7.11 Å².